The number of nitrogens with one attached hydrogen (secondary N) is 1. The van der Waals surface area contributed by atoms with E-state index in [1.165, 1.54) is 6.07 Å². The summed E-state index contributed by atoms with van der Waals surface area (Å²) in [6.45, 7) is 5.82. The van der Waals surface area contributed by atoms with E-state index in [1.54, 1.807) is 18.3 Å². The zero-order chi connectivity index (χ0) is 22.0. The normalized spacial score (nSPS) is 16.8. The second-order valence-electron chi connectivity index (χ2n) is 8.81. The highest BCUT2D eigenvalue weighted by Crippen LogP contribution is 2.38. The fourth-order valence-corrected chi connectivity index (χ4v) is 4.48. The van der Waals surface area contributed by atoms with E-state index in [0.29, 0.717) is 11.4 Å². The number of carbonyl (C=O) groups excluding carboxylic acids is 1. The first kappa shape index (κ1) is 21.6. The number of benzene rings is 2. The molecule has 0 unspecified atom stereocenters. The molecule has 1 aromatic heterocycles. The van der Waals surface area contributed by atoms with Gasteiger partial charge < -0.3 is 10.2 Å². The highest BCUT2D eigenvalue weighted by Gasteiger charge is 2.33. The Morgan fingerprint density at radius 3 is 2.61 bits per heavy atom. The number of pyridine rings is 1. The molecular weight excluding hydrogens is 413 g/mol. The van der Waals surface area contributed by atoms with Gasteiger partial charge in [0.05, 0.1) is 11.6 Å². The molecule has 0 bridgehead atoms. The van der Waals surface area contributed by atoms with Crippen LogP contribution >= 0.6 is 11.6 Å². The van der Waals surface area contributed by atoms with Gasteiger partial charge in [-0.05, 0) is 67.1 Å². The van der Waals surface area contributed by atoms with Crippen molar-refractivity contribution in [3.63, 3.8) is 0 Å². The van der Waals surface area contributed by atoms with Gasteiger partial charge in [0.2, 0.25) is 5.91 Å². The number of rotatable bonds is 5. The van der Waals surface area contributed by atoms with E-state index in [-0.39, 0.29) is 23.2 Å². The van der Waals surface area contributed by atoms with Crippen LogP contribution in [0.25, 0.3) is 10.9 Å². The van der Waals surface area contributed by atoms with Crippen molar-refractivity contribution in [1.29, 1.82) is 0 Å². The molecule has 0 spiro atoms. The number of hydrogen-bond acceptors (Lipinski definition) is 3. The Hall–Kier alpha value is -2.66. The molecule has 1 fully saturated rings. The van der Waals surface area contributed by atoms with Crippen LogP contribution in [0.3, 0.4) is 0 Å². The minimum absolute atomic E-state index is 0.0611. The van der Waals surface area contributed by atoms with E-state index in [0.717, 1.165) is 48.1 Å². The standard InChI is InChI=1S/C25H27ClFN3O/c1-17(18-3-5-19(26)6-4-18)29-24(31)16-25(2)10-13-30(14-11-25)23-9-12-28-22-8-7-20(27)15-21(22)23/h3-9,12,15,17H,10-11,13-14,16H2,1-2H3,(H,29,31)/t17-/m0/s1. The molecule has 1 N–H and O–H groups in total. The molecule has 1 amide bonds. The van der Waals surface area contributed by atoms with Gasteiger partial charge in [-0.3, -0.25) is 9.78 Å². The highest BCUT2D eigenvalue weighted by molar-refractivity contribution is 6.30. The first-order valence-corrected chi connectivity index (χ1v) is 11.0. The largest absolute Gasteiger partial charge is 0.371 e. The summed E-state index contributed by atoms with van der Waals surface area (Å²) in [5.41, 5.74) is 2.78. The number of carbonyl (C=O) groups is 1. The second kappa shape index (κ2) is 8.83. The molecule has 0 saturated carbocycles. The number of hydrogen-bond donors (Lipinski definition) is 1. The smallest absolute Gasteiger partial charge is 0.221 e. The maximum Gasteiger partial charge on any atom is 0.221 e. The monoisotopic (exact) mass is 439 g/mol. The van der Waals surface area contributed by atoms with E-state index >= 15 is 0 Å². The van der Waals surface area contributed by atoms with Crippen LogP contribution in [0.1, 0.15) is 44.7 Å². The lowest BCUT2D eigenvalue weighted by molar-refractivity contribution is -0.124. The predicted octanol–water partition coefficient (Wildman–Crippen LogP) is 5.90. The quantitative estimate of drug-likeness (QED) is 0.538. The zero-order valence-corrected chi connectivity index (χ0v) is 18.6. The Kier molecular flexibility index (Phi) is 6.15. The average Bonchev–Trinajstić information content (AvgIpc) is 2.74. The summed E-state index contributed by atoms with van der Waals surface area (Å²) in [6, 6.07) is 14.2. The number of aromatic nitrogens is 1. The molecular formula is C25H27ClFN3O. The molecule has 1 aliphatic heterocycles. The minimum atomic E-state index is -0.255. The van der Waals surface area contributed by atoms with Crippen molar-refractivity contribution in [2.75, 3.05) is 18.0 Å². The molecule has 31 heavy (non-hydrogen) atoms. The molecule has 6 heteroatoms. The van der Waals surface area contributed by atoms with Gasteiger partial charge in [-0.1, -0.05) is 30.7 Å². The second-order valence-corrected chi connectivity index (χ2v) is 9.24. The van der Waals surface area contributed by atoms with Crippen molar-refractivity contribution < 1.29 is 9.18 Å². The highest BCUT2D eigenvalue weighted by atomic mass is 35.5. The Balaban J connectivity index is 1.38. The molecule has 2 heterocycles. The van der Waals surface area contributed by atoms with Crippen LogP contribution in [0.4, 0.5) is 10.1 Å². The van der Waals surface area contributed by atoms with Gasteiger partial charge in [-0.25, -0.2) is 4.39 Å². The van der Waals surface area contributed by atoms with Crippen molar-refractivity contribution in [2.45, 2.75) is 39.2 Å². The molecule has 162 valence electrons. The number of amides is 1. The Morgan fingerprint density at radius 2 is 1.90 bits per heavy atom. The van der Waals surface area contributed by atoms with Crippen LogP contribution < -0.4 is 10.2 Å². The number of anilines is 1. The van der Waals surface area contributed by atoms with E-state index in [2.05, 4.69) is 22.1 Å². The van der Waals surface area contributed by atoms with Gasteiger partial charge in [0, 0.05) is 41.8 Å². The molecule has 1 saturated heterocycles. The van der Waals surface area contributed by atoms with Crippen molar-refractivity contribution in [3.05, 3.63) is 71.1 Å². The van der Waals surface area contributed by atoms with Gasteiger partial charge in [0.1, 0.15) is 5.82 Å². The van der Waals surface area contributed by atoms with Crippen molar-refractivity contribution in [2.24, 2.45) is 5.41 Å². The Labute approximate surface area is 187 Å². The first-order valence-electron chi connectivity index (χ1n) is 10.7. The third kappa shape index (κ3) is 4.99. The lowest BCUT2D eigenvalue weighted by atomic mass is 9.77. The van der Waals surface area contributed by atoms with Gasteiger partial charge >= 0.3 is 0 Å². The zero-order valence-electron chi connectivity index (χ0n) is 17.9. The molecule has 0 aliphatic carbocycles. The number of fused-ring (bicyclic) bond motifs is 1. The third-order valence-electron chi connectivity index (χ3n) is 6.33. The Bertz CT molecular complexity index is 1080. The number of nitrogens with zero attached hydrogens (tertiary/aromatic N) is 2. The van der Waals surface area contributed by atoms with Crippen LogP contribution in [-0.4, -0.2) is 24.0 Å². The topological polar surface area (TPSA) is 45.2 Å². The SMILES string of the molecule is C[C@H](NC(=O)CC1(C)CCN(c2ccnc3ccc(F)cc23)CC1)c1ccc(Cl)cc1. The van der Waals surface area contributed by atoms with Gasteiger partial charge in [0.15, 0.2) is 0 Å². The number of piperidine rings is 1. The van der Waals surface area contributed by atoms with Crippen LogP contribution in [-0.2, 0) is 4.79 Å². The van der Waals surface area contributed by atoms with Crippen LogP contribution in [0, 0.1) is 11.2 Å². The van der Waals surface area contributed by atoms with Crippen molar-refractivity contribution >= 4 is 34.1 Å². The first-order chi connectivity index (χ1) is 14.8. The van der Waals surface area contributed by atoms with Crippen LogP contribution in [0.15, 0.2) is 54.7 Å². The van der Waals surface area contributed by atoms with E-state index in [1.807, 2.05) is 37.3 Å². The fourth-order valence-electron chi connectivity index (χ4n) is 4.36. The van der Waals surface area contributed by atoms with E-state index < -0.39 is 0 Å². The van der Waals surface area contributed by atoms with E-state index in [4.69, 9.17) is 11.6 Å². The van der Waals surface area contributed by atoms with Gasteiger partial charge in [0.25, 0.3) is 0 Å². The lowest BCUT2D eigenvalue weighted by Crippen LogP contribution is -2.41. The van der Waals surface area contributed by atoms with Crippen LogP contribution in [0.2, 0.25) is 5.02 Å². The summed E-state index contributed by atoms with van der Waals surface area (Å²) < 4.78 is 13.8. The van der Waals surface area contributed by atoms with Crippen molar-refractivity contribution in [1.82, 2.24) is 10.3 Å². The summed E-state index contributed by atoms with van der Waals surface area (Å²) >= 11 is 5.95. The third-order valence-corrected chi connectivity index (χ3v) is 6.58. The maximum atomic E-state index is 13.8. The fraction of sp³-hybridized carbons (Fsp3) is 0.360. The summed E-state index contributed by atoms with van der Waals surface area (Å²) in [6.07, 6.45) is 4.06. The molecule has 4 nitrogen and oxygen atoms in total. The minimum Gasteiger partial charge on any atom is -0.371 e. The molecule has 2 aromatic carbocycles. The molecule has 3 aromatic rings. The molecule has 4 rings (SSSR count). The summed E-state index contributed by atoms with van der Waals surface area (Å²) in [7, 11) is 0. The average molecular weight is 440 g/mol. The van der Waals surface area contributed by atoms with E-state index in [9.17, 15) is 9.18 Å². The van der Waals surface area contributed by atoms with Gasteiger partial charge in [-0.15, -0.1) is 0 Å². The molecule has 0 radical (unpaired) electrons. The Morgan fingerprint density at radius 1 is 1.19 bits per heavy atom. The summed E-state index contributed by atoms with van der Waals surface area (Å²) in [5.74, 6) is -0.190. The predicted molar refractivity (Wildman–Crippen MR) is 124 cm³/mol. The van der Waals surface area contributed by atoms with Gasteiger partial charge in [-0.2, -0.15) is 0 Å². The lowest BCUT2D eigenvalue weighted by Gasteiger charge is -2.40. The summed E-state index contributed by atoms with van der Waals surface area (Å²) in [5, 5.41) is 4.64. The maximum absolute atomic E-state index is 13.8. The summed E-state index contributed by atoms with van der Waals surface area (Å²) in [4.78, 5) is 19.4. The number of halogens is 2. The van der Waals surface area contributed by atoms with Crippen LogP contribution in [0.5, 0.6) is 0 Å². The van der Waals surface area contributed by atoms with Crippen molar-refractivity contribution in [3.8, 4) is 0 Å². The molecule has 1 aliphatic rings. The molecule has 1 atom stereocenters.